The van der Waals surface area contributed by atoms with E-state index in [1.165, 1.54) is 12.0 Å². The lowest BCUT2D eigenvalue weighted by atomic mass is 10.1. The molecule has 0 amide bonds. The molecule has 1 rings (SSSR count). The summed E-state index contributed by atoms with van der Waals surface area (Å²) >= 11 is 1.75. The molecule has 1 nitrogen and oxygen atoms in total. The molecular weight excluding hydrogens is 142 g/mol. The Hall–Kier alpha value is -0.210. The molecule has 0 atom stereocenters. The van der Waals surface area contributed by atoms with Crippen LogP contribution in [-0.2, 0) is 0 Å². The highest BCUT2D eigenvalue weighted by molar-refractivity contribution is 8.01. The molecule has 0 aromatic rings. The maximum atomic E-state index is 3.31. The Bertz CT molecular complexity index is 149. The Morgan fingerprint density at radius 3 is 3.20 bits per heavy atom. The summed E-state index contributed by atoms with van der Waals surface area (Å²) in [5, 5.41) is 5.44. The van der Waals surface area contributed by atoms with E-state index in [0.717, 1.165) is 13.1 Å². The number of hydrogen-bond acceptors (Lipinski definition) is 2. The van der Waals surface area contributed by atoms with Gasteiger partial charge in [0, 0.05) is 6.54 Å². The van der Waals surface area contributed by atoms with Gasteiger partial charge in [0.15, 0.2) is 0 Å². The Kier molecular flexibility index (Phi) is 3.62. The summed E-state index contributed by atoms with van der Waals surface area (Å²) in [5.74, 6) is 0. The number of hydrogen-bond donors (Lipinski definition) is 1. The predicted molar refractivity (Wildman–Crippen MR) is 48.2 cm³/mol. The fourth-order valence-corrected chi connectivity index (χ4v) is 1.26. The highest BCUT2D eigenvalue weighted by Gasteiger charge is 1.96. The van der Waals surface area contributed by atoms with E-state index >= 15 is 0 Å². The Morgan fingerprint density at radius 2 is 2.60 bits per heavy atom. The largest absolute Gasteiger partial charge is 0.312 e. The maximum Gasteiger partial charge on any atom is 0.0202 e. The topological polar surface area (TPSA) is 12.0 Å². The van der Waals surface area contributed by atoms with Crippen molar-refractivity contribution in [2.45, 2.75) is 6.42 Å². The van der Waals surface area contributed by atoms with Gasteiger partial charge in [-0.1, -0.05) is 12.2 Å². The van der Waals surface area contributed by atoms with Crippen molar-refractivity contribution in [1.29, 1.82) is 0 Å². The van der Waals surface area contributed by atoms with Crippen molar-refractivity contribution in [1.82, 2.24) is 5.32 Å². The van der Waals surface area contributed by atoms with Crippen LogP contribution in [0.4, 0.5) is 0 Å². The first-order valence-electron chi connectivity index (χ1n) is 3.52. The van der Waals surface area contributed by atoms with E-state index < -0.39 is 0 Å². The van der Waals surface area contributed by atoms with Crippen LogP contribution in [0.2, 0.25) is 0 Å². The third kappa shape index (κ3) is 2.58. The van der Waals surface area contributed by atoms with Crippen LogP contribution in [0.15, 0.2) is 23.1 Å². The van der Waals surface area contributed by atoms with Crippen molar-refractivity contribution < 1.29 is 0 Å². The van der Waals surface area contributed by atoms with Crippen molar-refractivity contribution in [3.63, 3.8) is 0 Å². The molecule has 0 spiro atoms. The summed E-state index contributed by atoms with van der Waals surface area (Å²) in [5.41, 5.74) is 1.42. The second kappa shape index (κ2) is 4.58. The smallest absolute Gasteiger partial charge is 0.0202 e. The van der Waals surface area contributed by atoms with Crippen molar-refractivity contribution in [3.8, 4) is 0 Å². The van der Waals surface area contributed by atoms with Gasteiger partial charge in [0.25, 0.3) is 0 Å². The average Bonchev–Trinajstić information content (AvgIpc) is 2.03. The molecule has 1 aliphatic heterocycles. The standard InChI is InChI=1S/C8H13NS/c1-10-6-4-8-3-2-5-9-7-8/h3-4,6,9H,2,5,7H2,1H3/b6-4-. The van der Waals surface area contributed by atoms with Crippen LogP contribution in [0, 0.1) is 0 Å². The summed E-state index contributed by atoms with van der Waals surface area (Å²) in [6, 6.07) is 0. The van der Waals surface area contributed by atoms with Crippen LogP contribution in [0.25, 0.3) is 0 Å². The van der Waals surface area contributed by atoms with Gasteiger partial charge < -0.3 is 5.32 Å². The van der Waals surface area contributed by atoms with E-state index in [0.29, 0.717) is 0 Å². The molecule has 0 aromatic carbocycles. The lowest BCUT2D eigenvalue weighted by Crippen LogP contribution is -2.21. The van der Waals surface area contributed by atoms with Crippen LogP contribution in [0.1, 0.15) is 6.42 Å². The molecule has 0 aliphatic carbocycles. The minimum atomic E-state index is 1.04. The van der Waals surface area contributed by atoms with Gasteiger partial charge in [0.2, 0.25) is 0 Å². The van der Waals surface area contributed by atoms with Gasteiger partial charge in [0.05, 0.1) is 0 Å². The highest BCUT2D eigenvalue weighted by Crippen LogP contribution is 2.05. The number of nitrogens with one attached hydrogen (secondary N) is 1. The average molecular weight is 155 g/mol. The summed E-state index contributed by atoms with van der Waals surface area (Å²) in [6.07, 6.45) is 7.72. The highest BCUT2D eigenvalue weighted by atomic mass is 32.2. The molecule has 0 radical (unpaired) electrons. The molecule has 10 heavy (non-hydrogen) atoms. The summed E-state index contributed by atoms with van der Waals surface area (Å²) in [7, 11) is 0. The van der Waals surface area contributed by atoms with Gasteiger partial charge in [-0.3, -0.25) is 0 Å². The number of rotatable bonds is 2. The van der Waals surface area contributed by atoms with E-state index in [2.05, 4.69) is 29.1 Å². The van der Waals surface area contributed by atoms with Gasteiger partial charge in [-0.25, -0.2) is 0 Å². The van der Waals surface area contributed by atoms with Gasteiger partial charge in [-0.15, -0.1) is 11.8 Å². The fourth-order valence-electron chi connectivity index (χ4n) is 0.947. The van der Waals surface area contributed by atoms with Crippen molar-refractivity contribution in [2.75, 3.05) is 19.3 Å². The van der Waals surface area contributed by atoms with Gasteiger partial charge >= 0.3 is 0 Å². The second-order valence-electron chi connectivity index (χ2n) is 2.28. The zero-order valence-electron chi connectivity index (χ0n) is 6.26. The van der Waals surface area contributed by atoms with Crippen LogP contribution in [-0.4, -0.2) is 19.3 Å². The Labute approximate surface area is 66.6 Å². The molecule has 0 bridgehead atoms. The summed E-state index contributed by atoms with van der Waals surface area (Å²) in [4.78, 5) is 0. The first-order valence-corrected chi connectivity index (χ1v) is 4.81. The van der Waals surface area contributed by atoms with Gasteiger partial charge in [-0.05, 0) is 30.2 Å². The van der Waals surface area contributed by atoms with Gasteiger partial charge in [-0.2, -0.15) is 0 Å². The van der Waals surface area contributed by atoms with E-state index in [1.54, 1.807) is 11.8 Å². The SMILES string of the molecule is CS/C=C\C1=CCCNC1. The molecule has 2 heteroatoms. The molecule has 0 saturated heterocycles. The first-order chi connectivity index (χ1) is 4.93. The van der Waals surface area contributed by atoms with E-state index in [-0.39, 0.29) is 0 Å². The first kappa shape index (κ1) is 7.89. The Balaban J connectivity index is 2.38. The monoisotopic (exact) mass is 155 g/mol. The molecule has 1 N–H and O–H groups in total. The van der Waals surface area contributed by atoms with Crippen molar-refractivity contribution >= 4 is 11.8 Å². The molecule has 1 aliphatic rings. The molecule has 56 valence electrons. The molecule has 0 fully saturated rings. The van der Waals surface area contributed by atoms with Crippen LogP contribution < -0.4 is 5.32 Å². The predicted octanol–water partition coefficient (Wildman–Crippen LogP) is 1.78. The van der Waals surface area contributed by atoms with Gasteiger partial charge in [0.1, 0.15) is 0 Å². The minimum absolute atomic E-state index is 1.04. The number of thioether (sulfide) groups is 1. The lowest BCUT2D eigenvalue weighted by Gasteiger charge is -2.09. The zero-order chi connectivity index (χ0) is 7.23. The quantitative estimate of drug-likeness (QED) is 0.652. The Morgan fingerprint density at radius 1 is 1.70 bits per heavy atom. The third-order valence-electron chi connectivity index (χ3n) is 1.47. The second-order valence-corrected chi connectivity index (χ2v) is 3.03. The maximum absolute atomic E-state index is 3.31. The van der Waals surface area contributed by atoms with E-state index in [9.17, 15) is 0 Å². The molecule has 0 aromatic heterocycles. The van der Waals surface area contributed by atoms with E-state index in [1.807, 2.05) is 0 Å². The van der Waals surface area contributed by atoms with Crippen molar-refractivity contribution in [2.24, 2.45) is 0 Å². The molecule has 0 unspecified atom stereocenters. The van der Waals surface area contributed by atoms with Crippen LogP contribution in [0.3, 0.4) is 0 Å². The van der Waals surface area contributed by atoms with Crippen molar-refractivity contribution in [3.05, 3.63) is 23.1 Å². The normalized spacial score (nSPS) is 19.5. The fraction of sp³-hybridized carbons (Fsp3) is 0.500. The molecule has 1 heterocycles. The lowest BCUT2D eigenvalue weighted by molar-refractivity contribution is 0.712. The summed E-state index contributed by atoms with van der Waals surface area (Å²) in [6.45, 7) is 2.17. The third-order valence-corrected chi connectivity index (χ3v) is 1.88. The minimum Gasteiger partial charge on any atom is -0.312 e. The zero-order valence-corrected chi connectivity index (χ0v) is 7.08. The molecular formula is C8H13NS. The molecule has 0 saturated carbocycles. The van der Waals surface area contributed by atoms with Crippen LogP contribution in [0.5, 0.6) is 0 Å². The van der Waals surface area contributed by atoms with Crippen LogP contribution >= 0.6 is 11.8 Å². The van der Waals surface area contributed by atoms with E-state index in [4.69, 9.17) is 0 Å². The summed E-state index contributed by atoms with van der Waals surface area (Å²) < 4.78 is 0.